The summed E-state index contributed by atoms with van der Waals surface area (Å²) >= 11 is 0. The number of amides is 1. The molecular weight excluding hydrogens is 220 g/mol. The maximum absolute atomic E-state index is 11.6. The molecule has 0 aliphatic carbocycles. The summed E-state index contributed by atoms with van der Waals surface area (Å²) in [6.45, 7) is 3.95. The average Bonchev–Trinajstić information content (AvgIpc) is 2.36. The van der Waals surface area contributed by atoms with Crippen molar-refractivity contribution >= 4 is 11.7 Å². The van der Waals surface area contributed by atoms with Gasteiger partial charge in [-0.05, 0) is 13.3 Å². The second-order valence-electron chi connectivity index (χ2n) is 3.42. The fraction of sp³-hybridized carbons (Fsp3) is 0.545. The molecule has 6 nitrogen and oxygen atoms in total. The molecule has 1 rings (SSSR count). The number of carbonyl (C=O) groups is 1. The van der Waals surface area contributed by atoms with Gasteiger partial charge in [0.25, 0.3) is 5.91 Å². The largest absolute Gasteiger partial charge is 0.385 e. The molecule has 6 heteroatoms. The van der Waals surface area contributed by atoms with E-state index in [1.807, 2.05) is 6.92 Å². The third-order valence-electron chi connectivity index (χ3n) is 2.05. The summed E-state index contributed by atoms with van der Waals surface area (Å²) in [5, 5.41) is 5.76. The van der Waals surface area contributed by atoms with Crippen molar-refractivity contribution in [3.63, 3.8) is 0 Å². The van der Waals surface area contributed by atoms with Crippen molar-refractivity contribution < 1.29 is 9.53 Å². The minimum absolute atomic E-state index is 0.211. The molecule has 0 bridgehead atoms. The van der Waals surface area contributed by atoms with Crippen LogP contribution in [0.3, 0.4) is 0 Å². The first-order chi connectivity index (χ1) is 8.27. The van der Waals surface area contributed by atoms with Crippen LogP contribution in [0.25, 0.3) is 0 Å². The van der Waals surface area contributed by atoms with Crippen LogP contribution in [-0.2, 0) is 4.74 Å². The fourth-order valence-corrected chi connectivity index (χ4v) is 1.23. The van der Waals surface area contributed by atoms with Gasteiger partial charge in [0.05, 0.1) is 12.4 Å². The molecule has 0 radical (unpaired) electrons. The summed E-state index contributed by atoms with van der Waals surface area (Å²) in [7, 11) is 1.63. The second kappa shape index (κ2) is 7.56. The van der Waals surface area contributed by atoms with E-state index in [4.69, 9.17) is 4.74 Å². The first-order valence-electron chi connectivity index (χ1n) is 5.61. The number of ether oxygens (including phenoxy) is 1. The predicted octanol–water partition coefficient (Wildman–Crippen LogP) is 0.675. The van der Waals surface area contributed by atoms with Gasteiger partial charge in [-0.25, -0.2) is 9.97 Å². The molecule has 17 heavy (non-hydrogen) atoms. The van der Waals surface area contributed by atoms with Crippen molar-refractivity contribution in [3.05, 3.63) is 18.1 Å². The summed E-state index contributed by atoms with van der Waals surface area (Å²) in [5.41, 5.74) is 0.323. The van der Waals surface area contributed by atoms with Crippen molar-refractivity contribution in [2.75, 3.05) is 32.1 Å². The lowest BCUT2D eigenvalue weighted by Gasteiger charge is -2.05. The normalized spacial score (nSPS) is 10.0. The molecule has 1 heterocycles. The quantitative estimate of drug-likeness (QED) is 0.683. The third kappa shape index (κ3) is 4.78. The van der Waals surface area contributed by atoms with Gasteiger partial charge in [-0.15, -0.1) is 0 Å². The van der Waals surface area contributed by atoms with E-state index in [9.17, 15) is 4.79 Å². The molecule has 2 N–H and O–H groups in total. The molecule has 0 spiro atoms. The fourth-order valence-electron chi connectivity index (χ4n) is 1.23. The number of aromatic nitrogens is 2. The first-order valence-corrected chi connectivity index (χ1v) is 5.61. The van der Waals surface area contributed by atoms with Gasteiger partial charge in [-0.1, -0.05) is 0 Å². The smallest absolute Gasteiger partial charge is 0.271 e. The molecule has 1 aromatic rings. The molecule has 0 aliphatic heterocycles. The van der Waals surface area contributed by atoms with Crippen molar-refractivity contribution in [3.8, 4) is 0 Å². The molecule has 1 amide bonds. The van der Waals surface area contributed by atoms with Crippen LogP contribution < -0.4 is 10.6 Å². The topological polar surface area (TPSA) is 76.1 Å². The lowest BCUT2D eigenvalue weighted by molar-refractivity contribution is 0.0943. The summed E-state index contributed by atoms with van der Waals surface area (Å²) in [4.78, 5) is 19.7. The minimum Gasteiger partial charge on any atom is -0.385 e. The monoisotopic (exact) mass is 238 g/mol. The van der Waals surface area contributed by atoms with E-state index < -0.39 is 0 Å². The number of carbonyl (C=O) groups excluding carboxylic acids is 1. The lowest BCUT2D eigenvalue weighted by Crippen LogP contribution is -2.26. The second-order valence-corrected chi connectivity index (χ2v) is 3.42. The number of rotatable bonds is 7. The van der Waals surface area contributed by atoms with E-state index in [1.54, 1.807) is 13.3 Å². The molecule has 0 saturated carbocycles. The Morgan fingerprint density at radius 2 is 2.24 bits per heavy atom. The summed E-state index contributed by atoms with van der Waals surface area (Å²) < 4.78 is 4.88. The molecule has 0 unspecified atom stereocenters. The number of nitrogens with zero attached hydrogens (tertiary/aromatic N) is 2. The van der Waals surface area contributed by atoms with Crippen LogP contribution in [0.5, 0.6) is 0 Å². The average molecular weight is 238 g/mol. The maximum atomic E-state index is 11.6. The Hall–Kier alpha value is -1.69. The highest BCUT2D eigenvalue weighted by atomic mass is 16.5. The summed E-state index contributed by atoms with van der Waals surface area (Å²) in [5.74, 6) is 0.458. The predicted molar refractivity (Wildman–Crippen MR) is 65.0 cm³/mol. The highest BCUT2D eigenvalue weighted by molar-refractivity contribution is 5.91. The minimum atomic E-state index is -0.211. The Labute approximate surface area is 101 Å². The van der Waals surface area contributed by atoms with Gasteiger partial charge in [-0.2, -0.15) is 0 Å². The zero-order valence-electron chi connectivity index (χ0n) is 10.2. The maximum Gasteiger partial charge on any atom is 0.271 e. The van der Waals surface area contributed by atoms with Crippen LogP contribution in [0.2, 0.25) is 0 Å². The molecule has 0 saturated heterocycles. The van der Waals surface area contributed by atoms with Gasteiger partial charge in [0.15, 0.2) is 0 Å². The van der Waals surface area contributed by atoms with Gasteiger partial charge < -0.3 is 15.4 Å². The van der Waals surface area contributed by atoms with Crippen LogP contribution in [-0.4, -0.2) is 42.7 Å². The van der Waals surface area contributed by atoms with E-state index in [0.29, 0.717) is 24.7 Å². The number of hydrogen-bond acceptors (Lipinski definition) is 5. The standard InChI is InChI=1S/C11H18N4O2/c1-3-12-10-8-14-9(7-15-10)11(16)13-5-4-6-17-2/h7-8H,3-6H2,1-2H3,(H,12,15)(H,13,16). The van der Waals surface area contributed by atoms with Gasteiger partial charge in [0, 0.05) is 26.8 Å². The van der Waals surface area contributed by atoms with Crippen molar-refractivity contribution in [1.29, 1.82) is 0 Å². The molecule has 0 fully saturated rings. The Balaban J connectivity index is 2.40. The van der Waals surface area contributed by atoms with Gasteiger partial charge in [0.1, 0.15) is 11.5 Å². The van der Waals surface area contributed by atoms with Gasteiger partial charge >= 0.3 is 0 Å². The van der Waals surface area contributed by atoms with E-state index in [2.05, 4.69) is 20.6 Å². The van der Waals surface area contributed by atoms with Crippen LogP contribution >= 0.6 is 0 Å². The van der Waals surface area contributed by atoms with Gasteiger partial charge in [0.2, 0.25) is 0 Å². The molecule has 0 aliphatic rings. The summed E-state index contributed by atoms with van der Waals surface area (Å²) in [6, 6.07) is 0. The third-order valence-corrected chi connectivity index (χ3v) is 2.05. The Kier molecular flexibility index (Phi) is 5.95. The van der Waals surface area contributed by atoms with E-state index in [1.165, 1.54) is 6.20 Å². The number of nitrogens with one attached hydrogen (secondary N) is 2. The first kappa shape index (κ1) is 13.4. The molecular formula is C11H18N4O2. The zero-order chi connectivity index (χ0) is 12.5. The molecule has 0 aromatic carbocycles. The van der Waals surface area contributed by atoms with Crippen molar-refractivity contribution in [2.45, 2.75) is 13.3 Å². The molecule has 94 valence electrons. The highest BCUT2D eigenvalue weighted by Crippen LogP contribution is 2.00. The molecule has 1 aromatic heterocycles. The number of methoxy groups -OCH3 is 1. The number of hydrogen-bond donors (Lipinski definition) is 2. The van der Waals surface area contributed by atoms with Gasteiger partial charge in [-0.3, -0.25) is 4.79 Å². The van der Waals surface area contributed by atoms with E-state index in [0.717, 1.165) is 13.0 Å². The lowest BCUT2D eigenvalue weighted by atomic mass is 10.4. The highest BCUT2D eigenvalue weighted by Gasteiger charge is 2.06. The van der Waals surface area contributed by atoms with Crippen LogP contribution in [0.1, 0.15) is 23.8 Å². The molecule has 0 atom stereocenters. The number of anilines is 1. The SMILES string of the molecule is CCNc1cnc(C(=O)NCCCOC)cn1. The van der Waals surface area contributed by atoms with E-state index >= 15 is 0 Å². The van der Waals surface area contributed by atoms with Crippen molar-refractivity contribution in [1.82, 2.24) is 15.3 Å². The van der Waals surface area contributed by atoms with Crippen LogP contribution in [0, 0.1) is 0 Å². The van der Waals surface area contributed by atoms with E-state index in [-0.39, 0.29) is 5.91 Å². The Morgan fingerprint density at radius 3 is 2.82 bits per heavy atom. The Bertz CT molecular complexity index is 340. The van der Waals surface area contributed by atoms with Crippen LogP contribution in [0.15, 0.2) is 12.4 Å². The zero-order valence-corrected chi connectivity index (χ0v) is 10.2. The summed E-state index contributed by atoms with van der Waals surface area (Å²) in [6.07, 6.45) is 3.79. The van der Waals surface area contributed by atoms with Crippen LogP contribution in [0.4, 0.5) is 5.82 Å². The van der Waals surface area contributed by atoms with Crippen molar-refractivity contribution in [2.24, 2.45) is 0 Å². The Morgan fingerprint density at radius 1 is 1.41 bits per heavy atom.